The summed E-state index contributed by atoms with van der Waals surface area (Å²) >= 11 is 0. The van der Waals surface area contributed by atoms with E-state index in [1.165, 1.54) is 6.07 Å². The Bertz CT molecular complexity index is 1170. The summed E-state index contributed by atoms with van der Waals surface area (Å²) < 4.78 is 20.6. The lowest BCUT2D eigenvalue weighted by Crippen LogP contribution is -2.61. The molecule has 5 rings (SSSR count). The molecule has 2 aromatic carbocycles. The van der Waals surface area contributed by atoms with Crippen LogP contribution in [0.4, 0.5) is 10.1 Å². The van der Waals surface area contributed by atoms with Crippen molar-refractivity contribution in [2.24, 2.45) is 5.92 Å². The number of benzene rings is 2. The normalized spacial score (nSPS) is 21.3. The summed E-state index contributed by atoms with van der Waals surface area (Å²) in [4.78, 5) is 47.5. The predicted octanol–water partition coefficient (Wildman–Crippen LogP) is 2.99. The molecular formula is C29H35FN4O4. The van der Waals surface area contributed by atoms with Crippen molar-refractivity contribution in [2.75, 3.05) is 50.8 Å². The Morgan fingerprint density at radius 3 is 2.13 bits per heavy atom. The van der Waals surface area contributed by atoms with Gasteiger partial charge >= 0.3 is 0 Å². The number of anilines is 1. The van der Waals surface area contributed by atoms with Crippen LogP contribution in [0.15, 0.2) is 54.6 Å². The van der Waals surface area contributed by atoms with Crippen LogP contribution in [0, 0.1) is 11.7 Å². The van der Waals surface area contributed by atoms with Crippen molar-refractivity contribution in [3.05, 3.63) is 66.0 Å². The summed E-state index contributed by atoms with van der Waals surface area (Å²) in [6.07, 6.45) is 0.906. The standard InChI is InChI=1S/C29H35FN4O4/c1-21(2)26(35)32-14-12-29(13-15-32)34(27(36)22-8-4-3-5-9-22)25(20-38-29)28(37)33-18-16-31(17-19-33)24-11-7-6-10-23(24)30/h3-11,21,25H,12-20H2,1-2H3/t25-/m0/s1. The van der Waals surface area contributed by atoms with Gasteiger partial charge in [0, 0.05) is 63.6 Å². The van der Waals surface area contributed by atoms with Gasteiger partial charge in [0.1, 0.15) is 17.6 Å². The minimum absolute atomic E-state index is 0.0825. The maximum absolute atomic E-state index is 14.3. The number of amides is 3. The maximum Gasteiger partial charge on any atom is 0.256 e. The van der Waals surface area contributed by atoms with Gasteiger partial charge in [-0.15, -0.1) is 0 Å². The number of ether oxygens (including phenoxy) is 1. The molecule has 3 aliphatic rings. The van der Waals surface area contributed by atoms with E-state index in [0.717, 1.165) is 0 Å². The monoisotopic (exact) mass is 522 g/mol. The van der Waals surface area contributed by atoms with Crippen LogP contribution < -0.4 is 4.90 Å². The molecule has 0 saturated carbocycles. The number of nitrogens with zero attached hydrogens (tertiary/aromatic N) is 4. The number of para-hydroxylation sites is 1. The third-order valence-electron chi connectivity index (χ3n) is 7.92. The molecule has 0 unspecified atom stereocenters. The second-order valence-electron chi connectivity index (χ2n) is 10.6. The molecule has 0 bridgehead atoms. The number of hydrogen-bond donors (Lipinski definition) is 0. The van der Waals surface area contributed by atoms with Gasteiger partial charge in [-0.2, -0.15) is 0 Å². The van der Waals surface area contributed by atoms with Gasteiger partial charge in [-0.1, -0.05) is 44.2 Å². The van der Waals surface area contributed by atoms with Gasteiger partial charge in [0.25, 0.3) is 5.91 Å². The topological polar surface area (TPSA) is 73.4 Å². The fourth-order valence-corrected chi connectivity index (χ4v) is 5.80. The average Bonchev–Trinajstić information content (AvgIpc) is 3.31. The summed E-state index contributed by atoms with van der Waals surface area (Å²) in [5.74, 6) is -0.692. The minimum atomic E-state index is -0.935. The Hall–Kier alpha value is -3.46. The predicted molar refractivity (Wildman–Crippen MR) is 141 cm³/mol. The van der Waals surface area contributed by atoms with Gasteiger partial charge in [-0.05, 0) is 24.3 Å². The molecule has 3 heterocycles. The van der Waals surface area contributed by atoms with Gasteiger partial charge in [0.05, 0.1) is 12.3 Å². The smallest absolute Gasteiger partial charge is 0.256 e. The quantitative estimate of drug-likeness (QED) is 0.618. The number of halogens is 1. The minimum Gasteiger partial charge on any atom is -0.366 e. The second kappa shape index (κ2) is 10.7. The van der Waals surface area contributed by atoms with E-state index in [1.54, 1.807) is 52.3 Å². The first kappa shape index (κ1) is 26.2. The third kappa shape index (κ3) is 4.87. The van der Waals surface area contributed by atoms with E-state index in [9.17, 15) is 18.8 Å². The molecule has 0 aromatic heterocycles. The van der Waals surface area contributed by atoms with E-state index in [-0.39, 0.29) is 36.1 Å². The Kier molecular flexibility index (Phi) is 7.38. The van der Waals surface area contributed by atoms with Crippen molar-refractivity contribution in [1.29, 1.82) is 0 Å². The first-order valence-electron chi connectivity index (χ1n) is 13.4. The Morgan fingerprint density at radius 1 is 0.868 bits per heavy atom. The van der Waals surface area contributed by atoms with Crippen LogP contribution in [0.3, 0.4) is 0 Å². The molecule has 3 aliphatic heterocycles. The highest BCUT2D eigenvalue weighted by molar-refractivity contribution is 5.98. The molecule has 9 heteroatoms. The van der Waals surface area contributed by atoms with Crippen LogP contribution in [0.25, 0.3) is 0 Å². The number of carbonyl (C=O) groups excluding carboxylic acids is 3. The summed E-state index contributed by atoms with van der Waals surface area (Å²) in [5, 5.41) is 0. The van der Waals surface area contributed by atoms with Crippen molar-refractivity contribution in [2.45, 2.75) is 38.5 Å². The number of piperidine rings is 1. The van der Waals surface area contributed by atoms with Crippen LogP contribution in [0.1, 0.15) is 37.0 Å². The summed E-state index contributed by atoms with van der Waals surface area (Å²) in [5.41, 5.74) is 0.0993. The molecule has 1 spiro atoms. The molecule has 0 N–H and O–H groups in total. The van der Waals surface area contributed by atoms with E-state index < -0.39 is 11.8 Å². The third-order valence-corrected chi connectivity index (χ3v) is 7.92. The molecule has 0 radical (unpaired) electrons. The summed E-state index contributed by atoms with van der Waals surface area (Å²) in [6.45, 7) is 6.68. The lowest BCUT2D eigenvalue weighted by molar-refractivity contribution is -0.147. The molecule has 0 aliphatic carbocycles. The fourth-order valence-electron chi connectivity index (χ4n) is 5.80. The van der Waals surface area contributed by atoms with Crippen LogP contribution in [0.5, 0.6) is 0 Å². The van der Waals surface area contributed by atoms with Gasteiger partial charge in [-0.3, -0.25) is 19.3 Å². The summed E-state index contributed by atoms with van der Waals surface area (Å²) in [6, 6.07) is 14.9. The highest BCUT2D eigenvalue weighted by Crippen LogP contribution is 2.39. The Morgan fingerprint density at radius 2 is 1.50 bits per heavy atom. The number of piperazine rings is 1. The highest BCUT2D eigenvalue weighted by Gasteiger charge is 2.55. The Balaban J connectivity index is 1.34. The first-order chi connectivity index (χ1) is 18.3. The van der Waals surface area contributed by atoms with Crippen molar-refractivity contribution < 1.29 is 23.5 Å². The SMILES string of the molecule is CC(C)C(=O)N1CCC2(CC1)OC[C@@H](C(=O)N1CCN(c3ccccc3F)CC1)N2C(=O)c1ccccc1. The molecule has 38 heavy (non-hydrogen) atoms. The van der Waals surface area contributed by atoms with E-state index in [2.05, 4.69) is 0 Å². The molecule has 8 nitrogen and oxygen atoms in total. The largest absolute Gasteiger partial charge is 0.366 e. The van der Waals surface area contributed by atoms with Crippen molar-refractivity contribution >= 4 is 23.4 Å². The van der Waals surface area contributed by atoms with Crippen molar-refractivity contribution in [1.82, 2.24) is 14.7 Å². The maximum atomic E-state index is 14.3. The van der Waals surface area contributed by atoms with Gasteiger partial charge in [0.2, 0.25) is 11.8 Å². The van der Waals surface area contributed by atoms with Crippen LogP contribution in [0.2, 0.25) is 0 Å². The van der Waals surface area contributed by atoms with Crippen molar-refractivity contribution in [3.63, 3.8) is 0 Å². The molecule has 2 aromatic rings. The van der Waals surface area contributed by atoms with E-state index >= 15 is 0 Å². The highest BCUT2D eigenvalue weighted by atomic mass is 19.1. The second-order valence-corrected chi connectivity index (χ2v) is 10.6. The molecular weight excluding hydrogens is 487 g/mol. The van der Waals surface area contributed by atoms with Gasteiger partial charge in [-0.25, -0.2) is 4.39 Å². The van der Waals surface area contributed by atoms with Gasteiger partial charge in [0.15, 0.2) is 0 Å². The average molecular weight is 523 g/mol. The molecule has 3 fully saturated rings. The van der Waals surface area contributed by atoms with E-state index in [1.807, 2.05) is 29.7 Å². The van der Waals surface area contributed by atoms with E-state index in [4.69, 9.17) is 4.74 Å². The van der Waals surface area contributed by atoms with Crippen LogP contribution >= 0.6 is 0 Å². The van der Waals surface area contributed by atoms with Crippen LogP contribution in [-0.4, -0.2) is 90.1 Å². The Labute approximate surface area is 222 Å². The molecule has 3 amide bonds. The fraction of sp³-hybridized carbons (Fsp3) is 0.483. The molecule has 1 atom stereocenters. The molecule has 202 valence electrons. The van der Waals surface area contributed by atoms with Crippen LogP contribution in [-0.2, 0) is 14.3 Å². The number of rotatable bonds is 4. The van der Waals surface area contributed by atoms with E-state index in [0.29, 0.717) is 63.4 Å². The number of hydrogen-bond acceptors (Lipinski definition) is 5. The summed E-state index contributed by atoms with van der Waals surface area (Å²) in [7, 11) is 0. The van der Waals surface area contributed by atoms with Crippen molar-refractivity contribution in [3.8, 4) is 0 Å². The lowest BCUT2D eigenvalue weighted by atomic mass is 9.95. The number of likely N-dealkylation sites (tertiary alicyclic amines) is 1. The molecule has 3 saturated heterocycles. The zero-order valence-corrected chi connectivity index (χ0v) is 22.0. The first-order valence-corrected chi connectivity index (χ1v) is 13.4. The van der Waals surface area contributed by atoms with Gasteiger partial charge < -0.3 is 19.4 Å². The zero-order chi connectivity index (χ0) is 26.9. The lowest BCUT2D eigenvalue weighted by Gasteiger charge is -2.45. The number of carbonyl (C=O) groups is 3. The zero-order valence-electron chi connectivity index (χ0n) is 22.0.